The number of sulfonamides is 1. The van der Waals surface area contributed by atoms with Crippen molar-refractivity contribution in [2.24, 2.45) is 10.9 Å². The Bertz CT molecular complexity index is 786. The minimum atomic E-state index is -3.69. The summed E-state index contributed by atoms with van der Waals surface area (Å²) < 4.78 is 26.5. The molecule has 0 radical (unpaired) electrons. The van der Waals surface area contributed by atoms with Gasteiger partial charge >= 0.3 is 5.97 Å². The highest BCUT2D eigenvalue weighted by molar-refractivity contribution is 7.90. The fourth-order valence-corrected chi connectivity index (χ4v) is 3.57. The summed E-state index contributed by atoms with van der Waals surface area (Å²) in [6, 6.07) is 5.47. The van der Waals surface area contributed by atoms with E-state index in [9.17, 15) is 18.0 Å². The molecular formula is C15H19N3O5S. The number of aliphatic carboxylic acids is 1. The average Bonchev–Trinajstić information content (AvgIpc) is 2.75. The number of amidine groups is 1. The van der Waals surface area contributed by atoms with Gasteiger partial charge in [0.2, 0.25) is 5.91 Å². The van der Waals surface area contributed by atoms with Gasteiger partial charge in [0.25, 0.3) is 10.0 Å². The van der Waals surface area contributed by atoms with E-state index in [-0.39, 0.29) is 16.6 Å². The van der Waals surface area contributed by atoms with Gasteiger partial charge in [-0.05, 0) is 24.5 Å². The molecule has 130 valence electrons. The molecular weight excluding hydrogens is 334 g/mol. The Balaban J connectivity index is 2.33. The highest BCUT2D eigenvalue weighted by atomic mass is 32.2. The molecule has 0 bridgehead atoms. The minimum absolute atomic E-state index is 0.0988. The summed E-state index contributed by atoms with van der Waals surface area (Å²) in [7, 11) is -3.69. The van der Waals surface area contributed by atoms with E-state index in [0.29, 0.717) is 12.0 Å². The van der Waals surface area contributed by atoms with Gasteiger partial charge in [0.05, 0.1) is 4.90 Å². The number of hydrogen-bond acceptors (Lipinski definition) is 5. The molecule has 0 saturated heterocycles. The van der Waals surface area contributed by atoms with E-state index in [4.69, 9.17) is 5.11 Å². The number of carbonyl (C=O) groups is 2. The summed E-state index contributed by atoms with van der Waals surface area (Å²) in [5.74, 6) is -1.50. The van der Waals surface area contributed by atoms with Crippen molar-refractivity contribution in [3.63, 3.8) is 0 Å². The molecule has 8 nitrogen and oxygen atoms in total. The maximum absolute atomic E-state index is 12.2. The number of nitrogens with one attached hydrogen (secondary N) is 2. The van der Waals surface area contributed by atoms with Crippen LogP contribution in [0.1, 0.15) is 25.8 Å². The number of fused-ring (bicyclic) bond motifs is 1. The third kappa shape index (κ3) is 4.10. The van der Waals surface area contributed by atoms with E-state index in [2.05, 4.69) is 15.0 Å². The standard InChI is InChI=1S/C15H19N3O5S/c1-9(2)7-11(15(21)16-8-13(19)20)17-14-10-5-3-4-6-12(10)24(22,23)18-14/h3-6,9,11H,7-8H2,1-2H3,(H,16,21)(H,17,18)(H,19,20). The topological polar surface area (TPSA) is 125 Å². The van der Waals surface area contributed by atoms with Crippen molar-refractivity contribution in [3.8, 4) is 0 Å². The van der Waals surface area contributed by atoms with Crippen LogP contribution in [0.4, 0.5) is 0 Å². The molecule has 24 heavy (non-hydrogen) atoms. The van der Waals surface area contributed by atoms with Crippen molar-refractivity contribution < 1.29 is 23.1 Å². The van der Waals surface area contributed by atoms with E-state index >= 15 is 0 Å². The molecule has 1 aliphatic heterocycles. The summed E-state index contributed by atoms with van der Waals surface area (Å²) in [4.78, 5) is 27.1. The molecule has 0 spiro atoms. The van der Waals surface area contributed by atoms with E-state index < -0.39 is 34.5 Å². The predicted octanol–water partition coefficient (Wildman–Crippen LogP) is 0.341. The number of hydrogen-bond donors (Lipinski definition) is 3. The number of rotatable bonds is 6. The van der Waals surface area contributed by atoms with E-state index in [1.165, 1.54) is 6.07 Å². The van der Waals surface area contributed by atoms with Gasteiger partial charge in [-0.3, -0.25) is 19.3 Å². The zero-order chi connectivity index (χ0) is 17.9. The van der Waals surface area contributed by atoms with Crippen LogP contribution in [0.25, 0.3) is 0 Å². The summed E-state index contributed by atoms with van der Waals surface area (Å²) in [6.07, 6.45) is 0.360. The number of amides is 1. The molecule has 1 unspecified atom stereocenters. The maximum atomic E-state index is 12.2. The van der Waals surface area contributed by atoms with Crippen molar-refractivity contribution >= 4 is 27.7 Å². The van der Waals surface area contributed by atoms with Crippen LogP contribution in [-0.4, -0.2) is 43.8 Å². The highest BCUT2D eigenvalue weighted by Gasteiger charge is 2.32. The monoisotopic (exact) mass is 353 g/mol. The van der Waals surface area contributed by atoms with Gasteiger partial charge in [-0.2, -0.15) is 0 Å². The van der Waals surface area contributed by atoms with Crippen LogP contribution >= 0.6 is 0 Å². The first-order valence-corrected chi connectivity index (χ1v) is 8.88. The van der Waals surface area contributed by atoms with Gasteiger partial charge in [0.1, 0.15) is 18.4 Å². The smallest absolute Gasteiger partial charge is 0.322 e. The third-order valence-electron chi connectivity index (χ3n) is 3.36. The van der Waals surface area contributed by atoms with Gasteiger partial charge in [0.15, 0.2) is 0 Å². The second-order valence-corrected chi connectivity index (χ2v) is 7.49. The molecule has 1 aliphatic rings. The number of carboxylic acid groups (broad SMARTS) is 1. The normalized spacial score (nSPS) is 18.0. The van der Waals surface area contributed by atoms with Crippen LogP contribution in [0.5, 0.6) is 0 Å². The molecule has 1 heterocycles. The first-order valence-electron chi connectivity index (χ1n) is 7.40. The molecule has 0 fully saturated rings. The Hall–Kier alpha value is -2.42. The van der Waals surface area contributed by atoms with E-state index in [1.807, 2.05) is 13.8 Å². The van der Waals surface area contributed by atoms with Crippen LogP contribution in [0.3, 0.4) is 0 Å². The van der Waals surface area contributed by atoms with Crippen LogP contribution in [0, 0.1) is 5.92 Å². The lowest BCUT2D eigenvalue weighted by molar-refractivity contribution is -0.138. The predicted molar refractivity (Wildman–Crippen MR) is 87.2 cm³/mol. The van der Waals surface area contributed by atoms with Crippen molar-refractivity contribution in [2.45, 2.75) is 31.2 Å². The Morgan fingerprint density at radius 3 is 2.58 bits per heavy atom. The summed E-state index contributed by atoms with van der Waals surface area (Å²) in [6.45, 7) is 3.27. The van der Waals surface area contributed by atoms with E-state index in [0.717, 1.165) is 0 Å². The number of aliphatic imine (C=N–C) groups is 1. The Morgan fingerprint density at radius 1 is 1.29 bits per heavy atom. The van der Waals surface area contributed by atoms with Gasteiger partial charge in [-0.25, -0.2) is 8.42 Å². The van der Waals surface area contributed by atoms with Gasteiger partial charge in [0, 0.05) is 5.56 Å². The van der Waals surface area contributed by atoms with Crippen LogP contribution in [-0.2, 0) is 19.6 Å². The first-order chi connectivity index (χ1) is 11.2. The summed E-state index contributed by atoms with van der Waals surface area (Å²) in [5.41, 5.74) is 0.400. The molecule has 0 aromatic heterocycles. The Kier molecular flexibility index (Phi) is 5.23. The fourth-order valence-electron chi connectivity index (χ4n) is 2.33. The maximum Gasteiger partial charge on any atom is 0.322 e. The molecule has 2 rings (SSSR count). The van der Waals surface area contributed by atoms with Crippen LogP contribution in [0.2, 0.25) is 0 Å². The summed E-state index contributed by atoms with van der Waals surface area (Å²) in [5, 5.41) is 11.0. The first kappa shape index (κ1) is 17.9. The van der Waals surface area contributed by atoms with Crippen LogP contribution < -0.4 is 10.0 Å². The number of carbonyl (C=O) groups excluding carboxylic acids is 1. The van der Waals surface area contributed by atoms with Crippen molar-refractivity contribution in [3.05, 3.63) is 29.8 Å². The Labute approximate surface area is 140 Å². The number of nitrogens with zero attached hydrogens (tertiary/aromatic N) is 1. The molecule has 0 saturated carbocycles. The second-order valence-electron chi connectivity index (χ2n) is 5.84. The summed E-state index contributed by atoms with van der Waals surface area (Å²) >= 11 is 0. The van der Waals surface area contributed by atoms with Gasteiger partial charge in [-0.15, -0.1) is 0 Å². The lowest BCUT2D eigenvalue weighted by Gasteiger charge is -2.15. The zero-order valence-corrected chi connectivity index (χ0v) is 14.1. The quantitative estimate of drug-likeness (QED) is 0.680. The third-order valence-corrected chi connectivity index (χ3v) is 4.76. The number of carboxylic acids is 1. The molecule has 0 aliphatic carbocycles. The van der Waals surface area contributed by atoms with Crippen molar-refractivity contribution in [1.82, 2.24) is 10.0 Å². The molecule has 1 amide bonds. The van der Waals surface area contributed by atoms with Gasteiger partial charge in [-0.1, -0.05) is 26.0 Å². The molecule has 9 heteroatoms. The van der Waals surface area contributed by atoms with Crippen molar-refractivity contribution in [2.75, 3.05) is 6.54 Å². The second kappa shape index (κ2) is 7.00. The average molecular weight is 353 g/mol. The SMILES string of the molecule is CC(C)CC(N=C1NS(=O)(=O)c2ccccc21)C(=O)NCC(=O)O. The zero-order valence-electron chi connectivity index (χ0n) is 13.3. The lowest BCUT2D eigenvalue weighted by atomic mass is 10.0. The van der Waals surface area contributed by atoms with Crippen molar-refractivity contribution in [1.29, 1.82) is 0 Å². The fraction of sp³-hybridized carbons (Fsp3) is 0.400. The molecule has 1 atom stereocenters. The molecule has 1 aromatic rings. The molecule has 3 N–H and O–H groups in total. The largest absolute Gasteiger partial charge is 0.480 e. The van der Waals surface area contributed by atoms with Gasteiger partial charge < -0.3 is 10.4 Å². The molecule has 1 aromatic carbocycles. The number of benzene rings is 1. The Morgan fingerprint density at radius 2 is 1.96 bits per heavy atom. The minimum Gasteiger partial charge on any atom is -0.480 e. The highest BCUT2D eigenvalue weighted by Crippen LogP contribution is 2.23. The lowest BCUT2D eigenvalue weighted by Crippen LogP contribution is -2.38. The van der Waals surface area contributed by atoms with E-state index in [1.54, 1.807) is 18.2 Å². The van der Waals surface area contributed by atoms with Crippen LogP contribution in [0.15, 0.2) is 34.2 Å².